The first-order valence-electron chi connectivity index (χ1n) is 13.3. The number of aliphatic hydroxyl groups excluding tert-OH is 1. The maximum Gasteiger partial charge on any atom is 0.308 e. The van der Waals surface area contributed by atoms with E-state index >= 15 is 0 Å². The first-order valence-corrected chi connectivity index (χ1v) is 13.3. The van der Waals surface area contributed by atoms with Crippen LogP contribution in [0.1, 0.15) is 51.0 Å². The van der Waals surface area contributed by atoms with Gasteiger partial charge in [0, 0.05) is 58.7 Å². The monoisotopic (exact) mass is 535 g/mol. The second-order valence-corrected chi connectivity index (χ2v) is 9.97. The van der Waals surface area contributed by atoms with Gasteiger partial charge < -0.3 is 34.2 Å². The van der Waals surface area contributed by atoms with Crippen molar-refractivity contribution >= 4 is 17.8 Å². The second kappa shape index (κ2) is 13.7. The molecule has 2 aliphatic rings. The number of aliphatic carboxylic acids is 1. The number of amides is 2. The van der Waals surface area contributed by atoms with Crippen LogP contribution in [0.5, 0.6) is 17.2 Å². The summed E-state index contributed by atoms with van der Waals surface area (Å²) in [5, 5.41) is 19.7. The molecule has 1 unspecified atom stereocenters. The van der Waals surface area contributed by atoms with Crippen molar-refractivity contribution in [3.8, 4) is 17.2 Å². The van der Waals surface area contributed by atoms with Gasteiger partial charge in [0.05, 0.1) is 19.6 Å². The predicted molar refractivity (Wildman–Crippen MR) is 139 cm³/mol. The molecule has 3 rings (SSSR count). The van der Waals surface area contributed by atoms with E-state index in [-0.39, 0.29) is 31.8 Å². The van der Waals surface area contributed by atoms with E-state index in [9.17, 15) is 24.6 Å². The number of aliphatic hydroxyl groups is 1. The quantitative estimate of drug-likeness (QED) is 0.366. The molecular formula is C27H41N3O8. The molecule has 3 atom stereocenters. The van der Waals surface area contributed by atoms with E-state index in [4.69, 9.17) is 14.2 Å². The van der Waals surface area contributed by atoms with Crippen LogP contribution in [0.25, 0.3) is 0 Å². The van der Waals surface area contributed by atoms with E-state index in [0.717, 1.165) is 18.4 Å². The number of benzene rings is 1. The first-order chi connectivity index (χ1) is 18.2. The number of methoxy groups -OCH3 is 1. The number of likely N-dealkylation sites (tertiary alicyclic amines) is 1. The van der Waals surface area contributed by atoms with Crippen LogP contribution in [0.4, 0.5) is 0 Å². The number of carbonyl (C=O) groups excluding carboxylic acids is 2. The Hall–Kier alpha value is -3.05. The highest BCUT2D eigenvalue weighted by atomic mass is 16.7. The van der Waals surface area contributed by atoms with Gasteiger partial charge in [-0.3, -0.25) is 19.3 Å². The minimum Gasteiger partial charge on any atom is -0.493 e. The summed E-state index contributed by atoms with van der Waals surface area (Å²) < 4.78 is 16.6. The van der Waals surface area contributed by atoms with E-state index in [2.05, 4.69) is 6.92 Å². The third-order valence-electron chi connectivity index (χ3n) is 7.50. The number of fused-ring (bicyclic) bond motifs is 1. The molecule has 0 bridgehead atoms. The lowest BCUT2D eigenvalue weighted by Crippen LogP contribution is -2.45. The smallest absolute Gasteiger partial charge is 0.308 e. The molecule has 11 heteroatoms. The lowest BCUT2D eigenvalue weighted by molar-refractivity contribution is -0.144. The molecule has 2 N–H and O–H groups in total. The van der Waals surface area contributed by atoms with Crippen molar-refractivity contribution in [1.29, 1.82) is 0 Å². The highest BCUT2D eigenvalue weighted by molar-refractivity contribution is 5.79. The Morgan fingerprint density at radius 3 is 2.53 bits per heavy atom. The van der Waals surface area contributed by atoms with Gasteiger partial charge in [0.15, 0.2) is 11.5 Å². The fourth-order valence-corrected chi connectivity index (χ4v) is 5.28. The van der Waals surface area contributed by atoms with Crippen LogP contribution < -0.4 is 14.2 Å². The van der Waals surface area contributed by atoms with E-state index < -0.39 is 23.8 Å². The summed E-state index contributed by atoms with van der Waals surface area (Å²) in [5.74, 6) is -0.942. The van der Waals surface area contributed by atoms with Crippen molar-refractivity contribution in [3.63, 3.8) is 0 Å². The summed E-state index contributed by atoms with van der Waals surface area (Å²) in [4.78, 5) is 43.2. The molecule has 1 saturated heterocycles. The van der Waals surface area contributed by atoms with Crippen LogP contribution in [0.2, 0.25) is 0 Å². The molecule has 0 saturated carbocycles. The molecule has 0 aliphatic carbocycles. The number of hydrogen-bond donors (Lipinski definition) is 2. The van der Waals surface area contributed by atoms with Crippen molar-refractivity contribution in [3.05, 3.63) is 17.7 Å². The Labute approximate surface area is 224 Å². The number of nitrogens with zero attached hydrogens (tertiary/aromatic N) is 3. The predicted octanol–water partition coefficient (Wildman–Crippen LogP) is 1.77. The number of hydrogen-bond acceptors (Lipinski definition) is 8. The molecule has 11 nitrogen and oxygen atoms in total. The zero-order valence-corrected chi connectivity index (χ0v) is 22.9. The Kier molecular flexibility index (Phi) is 10.6. The van der Waals surface area contributed by atoms with Crippen molar-refractivity contribution < 1.29 is 38.8 Å². The SMILES string of the molecule is CCCCN(CCCO)C(=O)CN1C[C@H](c2cc(OC)c3c(c2)OCO3)C(C(=O)O)[C@@H]1CCN(C)C(C)=O. The van der Waals surface area contributed by atoms with Crippen LogP contribution in [-0.4, -0.2) is 109 Å². The van der Waals surface area contributed by atoms with Gasteiger partial charge in [0.1, 0.15) is 0 Å². The van der Waals surface area contributed by atoms with Crippen LogP contribution in [0.3, 0.4) is 0 Å². The fraction of sp³-hybridized carbons (Fsp3) is 0.667. The minimum absolute atomic E-state index is 0.00522. The molecular weight excluding hydrogens is 494 g/mol. The average Bonchev–Trinajstić information content (AvgIpc) is 3.51. The van der Waals surface area contributed by atoms with E-state index in [0.29, 0.717) is 56.3 Å². The molecule has 1 aromatic carbocycles. The lowest BCUT2D eigenvalue weighted by atomic mass is 9.84. The topological polar surface area (TPSA) is 129 Å². The molecule has 0 spiro atoms. The fourth-order valence-electron chi connectivity index (χ4n) is 5.28. The lowest BCUT2D eigenvalue weighted by Gasteiger charge is -2.30. The number of rotatable bonds is 14. The molecule has 1 aromatic rings. The number of carboxylic acid groups (broad SMARTS) is 1. The zero-order valence-electron chi connectivity index (χ0n) is 22.9. The summed E-state index contributed by atoms with van der Waals surface area (Å²) in [6, 6.07) is 3.11. The van der Waals surface area contributed by atoms with Crippen molar-refractivity contribution in [2.75, 3.05) is 60.3 Å². The standard InChI is InChI=1S/C27H41N3O8/c1-5-6-9-29(10-7-12-31)24(33)16-30-15-20(19-13-22(36-4)26-23(14-19)37-17-38-26)25(27(34)35)21(30)8-11-28(3)18(2)32/h13-14,20-21,25,31H,5-12,15-17H2,1-4H3,(H,34,35)/t20-,21+,25?/m1/s1. The number of ether oxygens (including phenoxy) is 3. The average molecular weight is 536 g/mol. The third kappa shape index (κ3) is 6.87. The van der Waals surface area contributed by atoms with Gasteiger partial charge in [-0.2, -0.15) is 0 Å². The van der Waals surface area contributed by atoms with Gasteiger partial charge in [-0.15, -0.1) is 0 Å². The molecule has 2 heterocycles. The molecule has 0 aromatic heterocycles. The summed E-state index contributed by atoms with van der Waals surface area (Å²) in [6.45, 7) is 5.40. The van der Waals surface area contributed by atoms with Crippen molar-refractivity contribution in [1.82, 2.24) is 14.7 Å². The third-order valence-corrected chi connectivity index (χ3v) is 7.50. The second-order valence-electron chi connectivity index (χ2n) is 9.97. The number of carboxylic acids is 1. The maximum absolute atomic E-state index is 13.4. The summed E-state index contributed by atoms with van der Waals surface area (Å²) >= 11 is 0. The summed E-state index contributed by atoms with van der Waals surface area (Å²) in [6.07, 6.45) is 2.67. The molecule has 212 valence electrons. The van der Waals surface area contributed by atoms with Crippen molar-refractivity contribution in [2.45, 2.75) is 51.5 Å². The van der Waals surface area contributed by atoms with Gasteiger partial charge in [-0.05, 0) is 37.0 Å². The van der Waals surface area contributed by atoms with Gasteiger partial charge in [-0.25, -0.2) is 0 Å². The van der Waals surface area contributed by atoms with Crippen LogP contribution >= 0.6 is 0 Å². The molecule has 1 fully saturated rings. The van der Waals surface area contributed by atoms with Crippen LogP contribution in [0.15, 0.2) is 12.1 Å². The van der Waals surface area contributed by atoms with E-state index in [1.807, 2.05) is 4.90 Å². The van der Waals surface area contributed by atoms with E-state index in [1.165, 1.54) is 14.0 Å². The highest BCUT2D eigenvalue weighted by Crippen LogP contribution is 2.47. The Bertz CT molecular complexity index is 979. The van der Waals surface area contributed by atoms with E-state index in [1.54, 1.807) is 29.0 Å². The zero-order chi connectivity index (χ0) is 27.8. The Morgan fingerprint density at radius 2 is 1.89 bits per heavy atom. The first kappa shape index (κ1) is 29.5. The molecule has 0 radical (unpaired) electrons. The van der Waals surface area contributed by atoms with Gasteiger partial charge in [-0.1, -0.05) is 13.3 Å². The molecule has 38 heavy (non-hydrogen) atoms. The normalized spacial score (nSPS) is 20.4. The van der Waals surface area contributed by atoms with Gasteiger partial charge in [0.2, 0.25) is 24.4 Å². The molecule has 2 aliphatic heterocycles. The minimum atomic E-state index is -0.958. The van der Waals surface area contributed by atoms with Gasteiger partial charge >= 0.3 is 5.97 Å². The maximum atomic E-state index is 13.4. The number of carbonyl (C=O) groups is 3. The number of unbranched alkanes of at least 4 members (excludes halogenated alkanes) is 1. The largest absolute Gasteiger partial charge is 0.493 e. The summed E-state index contributed by atoms with van der Waals surface area (Å²) in [5.41, 5.74) is 0.737. The van der Waals surface area contributed by atoms with Crippen molar-refractivity contribution in [2.24, 2.45) is 5.92 Å². The summed E-state index contributed by atoms with van der Waals surface area (Å²) in [7, 11) is 3.21. The van der Waals surface area contributed by atoms with Gasteiger partial charge in [0.25, 0.3) is 0 Å². The Balaban J connectivity index is 1.92. The molecule has 2 amide bonds. The van der Waals surface area contributed by atoms with Crippen LogP contribution in [-0.2, 0) is 14.4 Å². The highest BCUT2D eigenvalue weighted by Gasteiger charge is 2.47. The Morgan fingerprint density at radius 1 is 1.16 bits per heavy atom. The van der Waals surface area contributed by atoms with Crippen LogP contribution in [0, 0.1) is 5.92 Å².